The Morgan fingerprint density at radius 2 is 1.89 bits per heavy atom. The van der Waals surface area contributed by atoms with Crippen LogP contribution in [0.2, 0.25) is 5.02 Å². The van der Waals surface area contributed by atoms with Crippen LogP contribution in [0.5, 0.6) is 0 Å². The first kappa shape index (κ1) is 26.5. The molecule has 36 heavy (non-hydrogen) atoms. The molecule has 0 saturated heterocycles. The van der Waals surface area contributed by atoms with Gasteiger partial charge in [-0.3, -0.25) is 9.59 Å². The van der Waals surface area contributed by atoms with Crippen LogP contribution < -0.4 is 0 Å². The van der Waals surface area contributed by atoms with Gasteiger partial charge in [0.15, 0.2) is 0 Å². The number of nitrogens with zero attached hydrogens (tertiary/aromatic N) is 3. The van der Waals surface area contributed by atoms with Gasteiger partial charge in [-0.15, -0.1) is 11.3 Å². The van der Waals surface area contributed by atoms with Crippen molar-refractivity contribution in [3.8, 4) is 0 Å². The monoisotopic (exact) mass is 527 g/mol. The standard InChI is InChI=1S/C28H34ClN3O3S/c1-35-17-16-31(28(34)26-14-8-18-36-26)21-27(33)32(23-10-3-2-4-11-23)20-24-12-7-15-30(24)19-22-9-5-6-13-25(22)29/h5-9,12-15,18,23H,2-4,10-11,16-17,19-21H2,1H3. The molecule has 0 spiro atoms. The van der Waals surface area contributed by atoms with E-state index in [9.17, 15) is 9.59 Å². The first-order valence-corrected chi connectivity index (χ1v) is 13.8. The van der Waals surface area contributed by atoms with Crippen molar-refractivity contribution >= 4 is 34.8 Å². The van der Waals surface area contributed by atoms with Crippen LogP contribution in [-0.4, -0.2) is 59.0 Å². The van der Waals surface area contributed by atoms with E-state index < -0.39 is 0 Å². The second-order valence-corrected chi connectivity index (χ2v) is 10.6. The average molecular weight is 528 g/mol. The number of amides is 2. The lowest BCUT2D eigenvalue weighted by molar-refractivity contribution is -0.135. The molecule has 3 aromatic rings. The van der Waals surface area contributed by atoms with E-state index in [-0.39, 0.29) is 24.4 Å². The number of hydrogen-bond acceptors (Lipinski definition) is 4. The Labute approximate surface area is 222 Å². The summed E-state index contributed by atoms with van der Waals surface area (Å²) in [7, 11) is 1.61. The summed E-state index contributed by atoms with van der Waals surface area (Å²) in [5.41, 5.74) is 2.10. The summed E-state index contributed by atoms with van der Waals surface area (Å²) in [6.07, 6.45) is 7.47. The maximum Gasteiger partial charge on any atom is 0.264 e. The Morgan fingerprint density at radius 1 is 1.08 bits per heavy atom. The minimum absolute atomic E-state index is 0.0200. The van der Waals surface area contributed by atoms with Crippen LogP contribution in [0.25, 0.3) is 0 Å². The van der Waals surface area contributed by atoms with Crippen LogP contribution in [-0.2, 0) is 22.6 Å². The summed E-state index contributed by atoms with van der Waals surface area (Å²) < 4.78 is 7.39. The zero-order valence-electron chi connectivity index (χ0n) is 20.8. The number of thiophene rings is 1. The van der Waals surface area contributed by atoms with Gasteiger partial charge < -0.3 is 19.1 Å². The van der Waals surface area contributed by atoms with Gasteiger partial charge in [0.1, 0.15) is 6.54 Å². The summed E-state index contributed by atoms with van der Waals surface area (Å²) in [6.45, 7) is 1.95. The van der Waals surface area contributed by atoms with E-state index in [4.69, 9.17) is 16.3 Å². The van der Waals surface area contributed by atoms with E-state index >= 15 is 0 Å². The fourth-order valence-corrected chi connectivity index (χ4v) is 5.70. The van der Waals surface area contributed by atoms with Crippen molar-refractivity contribution in [1.82, 2.24) is 14.4 Å². The largest absolute Gasteiger partial charge is 0.383 e. The predicted octanol–water partition coefficient (Wildman–Crippen LogP) is 5.70. The number of methoxy groups -OCH3 is 1. The van der Waals surface area contributed by atoms with Crippen LogP contribution >= 0.6 is 22.9 Å². The lowest BCUT2D eigenvalue weighted by Crippen LogP contribution is -2.48. The molecule has 4 rings (SSSR count). The smallest absolute Gasteiger partial charge is 0.264 e. The van der Waals surface area contributed by atoms with E-state index in [1.807, 2.05) is 52.9 Å². The fourth-order valence-electron chi connectivity index (χ4n) is 4.81. The summed E-state index contributed by atoms with van der Waals surface area (Å²) in [5.74, 6) is -0.144. The van der Waals surface area contributed by atoms with Gasteiger partial charge in [0, 0.05) is 43.2 Å². The zero-order chi connectivity index (χ0) is 25.3. The minimum Gasteiger partial charge on any atom is -0.383 e. The SMILES string of the molecule is COCCN(CC(=O)N(Cc1cccn1Cc1ccccc1Cl)C1CCCCC1)C(=O)c1cccs1. The van der Waals surface area contributed by atoms with Gasteiger partial charge in [-0.05, 0) is 48.1 Å². The maximum absolute atomic E-state index is 13.8. The van der Waals surface area contributed by atoms with Crippen molar-refractivity contribution in [2.24, 2.45) is 0 Å². The highest BCUT2D eigenvalue weighted by atomic mass is 35.5. The van der Waals surface area contributed by atoms with Crippen molar-refractivity contribution < 1.29 is 14.3 Å². The normalized spacial score (nSPS) is 14.1. The second-order valence-electron chi connectivity index (χ2n) is 9.23. The van der Waals surface area contributed by atoms with E-state index in [0.717, 1.165) is 42.0 Å². The van der Waals surface area contributed by atoms with Gasteiger partial charge in [0.2, 0.25) is 5.91 Å². The molecule has 0 aliphatic heterocycles. The summed E-state index contributed by atoms with van der Waals surface area (Å²) in [6, 6.07) is 15.8. The quantitative estimate of drug-likeness (QED) is 0.321. The molecule has 2 aromatic heterocycles. The first-order chi connectivity index (χ1) is 17.6. The van der Waals surface area contributed by atoms with Crippen LogP contribution in [0.1, 0.15) is 53.0 Å². The molecule has 6 nitrogen and oxygen atoms in total. The van der Waals surface area contributed by atoms with E-state index in [1.165, 1.54) is 17.8 Å². The first-order valence-electron chi connectivity index (χ1n) is 12.6. The number of rotatable bonds is 11. The Hall–Kier alpha value is -2.61. The third-order valence-electron chi connectivity index (χ3n) is 6.80. The van der Waals surface area contributed by atoms with E-state index in [2.05, 4.69) is 10.6 Å². The van der Waals surface area contributed by atoms with Crippen molar-refractivity contribution in [2.75, 3.05) is 26.8 Å². The van der Waals surface area contributed by atoms with Crippen molar-refractivity contribution in [3.05, 3.63) is 81.3 Å². The fraction of sp³-hybridized carbons (Fsp3) is 0.429. The molecule has 1 fully saturated rings. The van der Waals surface area contributed by atoms with Gasteiger partial charge in [-0.25, -0.2) is 0 Å². The number of carbonyl (C=O) groups is 2. The summed E-state index contributed by atoms with van der Waals surface area (Å²) in [4.78, 5) is 31.2. The average Bonchev–Trinajstić information content (AvgIpc) is 3.59. The number of hydrogen-bond donors (Lipinski definition) is 0. The minimum atomic E-state index is -0.124. The summed E-state index contributed by atoms with van der Waals surface area (Å²) in [5, 5.41) is 2.61. The molecule has 2 heterocycles. The molecule has 0 bridgehead atoms. The molecule has 0 radical (unpaired) electrons. The van der Waals surface area contributed by atoms with Crippen LogP contribution in [0.15, 0.2) is 60.1 Å². The molecule has 1 aliphatic carbocycles. The maximum atomic E-state index is 13.8. The molecule has 1 saturated carbocycles. The Morgan fingerprint density at radius 3 is 2.61 bits per heavy atom. The molecular weight excluding hydrogens is 494 g/mol. The lowest BCUT2D eigenvalue weighted by Gasteiger charge is -2.36. The number of halogens is 1. The van der Waals surface area contributed by atoms with Crippen molar-refractivity contribution in [1.29, 1.82) is 0 Å². The van der Waals surface area contributed by atoms with Crippen LogP contribution in [0.3, 0.4) is 0 Å². The van der Waals surface area contributed by atoms with Gasteiger partial charge in [-0.2, -0.15) is 0 Å². The number of carbonyl (C=O) groups excluding carboxylic acids is 2. The Bertz CT molecular complexity index is 1120. The molecule has 0 unspecified atom stereocenters. The molecular formula is C28H34ClN3O3S. The van der Waals surface area contributed by atoms with Crippen molar-refractivity contribution in [3.63, 3.8) is 0 Å². The molecule has 2 amide bonds. The summed E-state index contributed by atoms with van der Waals surface area (Å²) >= 11 is 7.81. The zero-order valence-corrected chi connectivity index (χ0v) is 22.3. The molecule has 192 valence electrons. The second kappa shape index (κ2) is 13.1. The van der Waals surface area contributed by atoms with Gasteiger partial charge in [0.05, 0.1) is 18.0 Å². The molecule has 1 aromatic carbocycles. The van der Waals surface area contributed by atoms with Crippen LogP contribution in [0.4, 0.5) is 0 Å². The number of benzene rings is 1. The van der Waals surface area contributed by atoms with Crippen LogP contribution in [0, 0.1) is 0 Å². The molecule has 0 N–H and O–H groups in total. The molecule has 0 atom stereocenters. The Kier molecular flexibility index (Phi) is 9.61. The predicted molar refractivity (Wildman–Crippen MR) is 145 cm³/mol. The third kappa shape index (κ3) is 6.78. The number of aromatic nitrogens is 1. The van der Waals surface area contributed by atoms with Gasteiger partial charge in [0.25, 0.3) is 5.91 Å². The van der Waals surface area contributed by atoms with Gasteiger partial charge >= 0.3 is 0 Å². The highest BCUT2D eigenvalue weighted by molar-refractivity contribution is 7.12. The molecule has 8 heteroatoms. The van der Waals surface area contributed by atoms with E-state index in [0.29, 0.717) is 31.1 Å². The highest BCUT2D eigenvalue weighted by Crippen LogP contribution is 2.26. The Balaban J connectivity index is 1.54. The topological polar surface area (TPSA) is 54.8 Å². The number of ether oxygens (including phenoxy) is 1. The third-order valence-corrected chi connectivity index (χ3v) is 8.03. The van der Waals surface area contributed by atoms with Crippen molar-refractivity contribution in [2.45, 2.75) is 51.2 Å². The van der Waals surface area contributed by atoms with E-state index in [1.54, 1.807) is 18.1 Å². The molecule has 1 aliphatic rings. The highest BCUT2D eigenvalue weighted by Gasteiger charge is 2.29. The lowest BCUT2D eigenvalue weighted by atomic mass is 9.94. The van der Waals surface area contributed by atoms with Gasteiger partial charge in [-0.1, -0.05) is 55.1 Å².